The zero-order valence-corrected chi connectivity index (χ0v) is 14.6. The third-order valence-corrected chi connectivity index (χ3v) is 2.05. The number of carboxylic acids is 1. The van der Waals surface area contributed by atoms with Crippen LogP contribution >= 0.6 is 0 Å². The van der Waals surface area contributed by atoms with Gasteiger partial charge in [-0.1, -0.05) is 6.54 Å². The summed E-state index contributed by atoms with van der Waals surface area (Å²) in [4.78, 5) is 23.2. The summed E-state index contributed by atoms with van der Waals surface area (Å²) in [7, 11) is 0. The Morgan fingerprint density at radius 1 is 1.44 bits per heavy atom. The van der Waals surface area contributed by atoms with Crippen molar-refractivity contribution in [3.05, 3.63) is 6.42 Å². The molecule has 0 spiro atoms. The Hall–Kier alpha value is -0.0573. The molecule has 1 heterocycles. The average molecular weight is 467 g/mol. The van der Waals surface area contributed by atoms with Gasteiger partial charge in [0.05, 0.1) is 0 Å². The van der Waals surface area contributed by atoms with E-state index in [1.807, 2.05) is 0 Å². The molecule has 0 saturated carbocycles. The van der Waals surface area contributed by atoms with Crippen molar-refractivity contribution in [1.29, 1.82) is 0 Å². The second kappa shape index (κ2) is 7.51. The van der Waals surface area contributed by atoms with Gasteiger partial charge < -0.3 is 14.7 Å². The zero-order chi connectivity index (χ0) is 12.5. The minimum Gasteiger partial charge on any atom is -0.480 e. The van der Waals surface area contributed by atoms with Crippen LogP contribution in [-0.4, -0.2) is 46.4 Å². The van der Waals surface area contributed by atoms with Gasteiger partial charge in [-0.2, -0.15) is 0 Å². The number of hydrogen-bond donors (Lipinski definition) is 1. The third kappa shape index (κ3) is 5.29. The first kappa shape index (κ1) is 20.3. The van der Waals surface area contributed by atoms with E-state index in [0.717, 1.165) is 11.3 Å². The number of carboxylic acid groups (broad SMARTS) is 1. The molecule has 1 aliphatic heterocycles. The van der Waals surface area contributed by atoms with E-state index in [9.17, 15) is 14.0 Å². The maximum absolute atomic E-state index is 13.2. The quantitative estimate of drug-likeness (QED) is 0.590. The normalized spacial score (nSPS) is 22.8. The van der Waals surface area contributed by atoms with Crippen molar-refractivity contribution in [2.24, 2.45) is 0 Å². The van der Waals surface area contributed by atoms with Crippen molar-refractivity contribution in [1.82, 2.24) is 4.90 Å². The van der Waals surface area contributed by atoms with Gasteiger partial charge in [0.1, 0.15) is 11.6 Å². The molecule has 1 rings (SSSR count). The molecule has 1 aliphatic rings. The fourth-order valence-corrected chi connectivity index (χ4v) is 1.41. The maximum atomic E-state index is 13.2. The average Bonchev–Trinajstić information content (AvgIpc) is 2.43. The molecular formula is C10H15FNO4VW-. The molecule has 0 aromatic rings. The Morgan fingerprint density at radius 3 is 2.33 bits per heavy atom. The van der Waals surface area contributed by atoms with Crippen molar-refractivity contribution < 1.29 is 63.4 Å². The molecule has 1 amide bonds. The molecule has 0 aliphatic carbocycles. The van der Waals surface area contributed by atoms with Crippen LogP contribution in [0, 0.1) is 6.42 Å². The molecule has 0 bridgehead atoms. The number of amides is 1. The molecule has 0 unspecified atom stereocenters. The smallest absolute Gasteiger partial charge is 0.408 e. The SMILES string of the molecule is CC(C)(C)OC(=O)N1C[CH-][C@@H](F)[C@H]1C(=O)O.[V].[W]. The molecule has 0 aromatic heterocycles. The van der Waals surface area contributed by atoms with Crippen LogP contribution in [0.5, 0.6) is 0 Å². The van der Waals surface area contributed by atoms with Gasteiger partial charge in [-0.05, 0) is 20.8 Å². The van der Waals surface area contributed by atoms with Gasteiger partial charge in [0.15, 0.2) is 0 Å². The van der Waals surface area contributed by atoms with Crippen LogP contribution in [0.25, 0.3) is 0 Å². The summed E-state index contributed by atoms with van der Waals surface area (Å²) >= 11 is 0. The second-order valence-electron chi connectivity index (χ2n) is 4.60. The van der Waals surface area contributed by atoms with Crippen LogP contribution in [0.15, 0.2) is 0 Å². The minimum atomic E-state index is -1.65. The molecule has 1 N–H and O–H groups in total. The van der Waals surface area contributed by atoms with Crippen LogP contribution in [0.1, 0.15) is 20.8 Å². The Morgan fingerprint density at radius 2 is 1.94 bits per heavy atom. The number of likely N-dealkylation sites (tertiary alicyclic amines) is 1. The summed E-state index contributed by atoms with van der Waals surface area (Å²) in [6.45, 7) is 4.93. The van der Waals surface area contributed by atoms with Crippen LogP contribution in [0.4, 0.5) is 9.18 Å². The Bertz CT molecular complexity index is 311. The molecule has 18 heavy (non-hydrogen) atoms. The molecule has 103 valence electrons. The van der Waals surface area contributed by atoms with Gasteiger partial charge in [-0.15, -0.1) is 0 Å². The van der Waals surface area contributed by atoms with Crippen molar-refractivity contribution in [2.75, 3.05) is 6.54 Å². The molecular weight excluding hydrogens is 452 g/mol. The largest absolute Gasteiger partial charge is 0.480 e. The van der Waals surface area contributed by atoms with Gasteiger partial charge in [-0.25, -0.2) is 9.59 Å². The number of carbonyl (C=O) groups is 2. The summed E-state index contributed by atoms with van der Waals surface area (Å²) < 4.78 is 18.2. The van der Waals surface area contributed by atoms with Gasteiger partial charge in [0.25, 0.3) is 0 Å². The molecule has 2 atom stereocenters. The molecule has 8 heteroatoms. The van der Waals surface area contributed by atoms with Crippen molar-refractivity contribution in [2.45, 2.75) is 38.6 Å². The van der Waals surface area contributed by atoms with E-state index in [1.165, 1.54) is 0 Å². The predicted molar refractivity (Wildman–Crippen MR) is 53.6 cm³/mol. The van der Waals surface area contributed by atoms with Gasteiger partial charge in [0, 0.05) is 45.8 Å². The summed E-state index contributed by atoms with van der Waals surface area (Å²) in [5, 5.41) is 8.79. The van der Waals surface area contributed by atoms with E-state index >= 15 is 0 Å². The maximum Gasteiger partial charge on any atom is 0.408 e. The second-order valence-corrected chi connectivity index (χ2v) is 4.60. The Labute approximate surface area is 132 Å². The fraction of sp³-hybridized carbons (Fsp3) is 0.700. The number of hydrogen-bond acceptors (Lipinski definition) is 3. The predicted octanol–water partition coefficient (Wildman–Crippen LogP) is 1.23. The summed E-state index contributed by atoms with van der Waals surface area (Å²) in [5.74, 6) is -1.37. The van der Waals surface area contributed by atoms with E-state index in [1.54, 1.807) is 20.8 Å². The Kier molecular flexibility index (Phi) is 8.46. The summed E-state index contributed by atoms with van der Waals surface area (Å²) in [5.41, 5.74) is -0.728. The topological polar surface area (TPSA) is 66.8 Å². The van der Waals surface area contributed by atoms with E-state index < -0.39 is 29.9 Å². The summed E-state index contributed by atoms with van der Waals surface area (Å²) in [6.07, 6.45) is -1.32. The van der Waals surface area contributed by atoms with Crippen molar-refractivity contribution in [3.63, 3.8) is 0 Å². The first-order valence-corrected chi connectivity index (χ1v) is 4.92. The minimum absolute atomic E-state index is 0. The number of alkyl halides is 1. The van der Waals surface area contributed by atoms with E-state index in [2.05, 4.69) is 0 Å². The van der Waals surface area contributed by atoms with Crippen LogP contribution in [0.2, 0.25) is 0 Å². The number of aliphatic carboxylic acids is 1. The monoisotopic (exact) mass is 467 g/mol. The number of nitrogens with zero attached hydrogens (tertiary/aromatic N) is 1. The standard InChI is InChI=1S/C10H15FNO4.V.W/c1-10(2,3)16-9(15)12-5-4-6(11)7(12)8(13)14;;/h4,6-7H,5H2,1-3H3,(H,13,14);;/q-1;;/t6-,7+;;/m1../s1. The van der Waals surface area contributed by atoms with Crippen LogP contribution in [-0.2, 0) is 49.2 Å². The molecule has 0 aromatic carbocycles. The van der Waals surface area contributed by atoms with Gasteiger partial charge in [-0.3, -0.25) is 10.8 Å². The molecule has 5 nitrogen and oxygen atoms in total. The number of rotatable bonds is 1. The third-order valence-electron chi connectivity index (χ3n) is 2.05. The first-order valence-electron chi connectivity index (χ1n) is 4.92. The first-order chi connectivity index (χ1) is 7.22. The van der Waals surface area contributed by atoms with Gasteiger partial charge >= 0.3 is 12.1 Å². The van der Waals surface area contributed by atoms with E-state index in [0.29, 0.717) is 0 Å². The summed E-state index contributed by atoms with van der Waals surface area (Å²) in [6, 6.07) is -1.48. The van der Waals surface area contributed by atoms with Crippen molar-refractivity contribution >= 4 is 12.1 Å². The van der Waals surface area contributed by atoms with Crippen LogP contribution in [0.3, 0.4) is 0 Å². The molecule has 1 saturated heterocycles. The molecule has 1 radical (unpaired) electrons. The fourth-order valence-electron chi connectivity index (χ4n) is 1.41. The Balaban J connectivity index is 0. The van der Waals surface area contributed by atoms with Crippen molar-refractivity contribution in [3.8, 4) is 0 Å². The number of ether oxygens (including phenoxy) is 1. The van der Waals surface area contributed by atoms with Gasteiger partial charge in [0.2, 0.25) is 0 Å². The van der Waals surface area contributed by atoms with Crippen LogP contribution < -0.4 is 0 Å². The molecule has 1 fully saturated rings. The number of halogens is 1. The van der Waals surface area contributed by atoms with E-state index in [-0.39, 0.29) is 46.2 Å². The van der Waals surface area contributed by atoms with E-state index in [4.69, 9.17) is 9.84 Å². The zero-order valence-electron chi connectivity index (χ0n) is 10.3. The number of carbonyl (C=O) groups excluding carboxylic acids is 1.